The van der Waals surface area contributed by atoms with Gasteiger partial charge in [-0.05, 0) is 37.1 Å². The van der Waals surface area contributed by atoms with Crippen molar-refractivity contribution in [1.29, 1.82) is 0 Å². The molecule has 40 heavy (non-hydrogen) atoms. The number of carbonyl (C=O) groups is 2. The number of ether oxygens (including phenoxy) is 1. The molecule has 0 unspecified atom stereocenters. The molecule has 1 saturated heterocycles. The van der Waals surface area contributed by atoms with Gasteiger partial charge in [0, 0.05) is 55.0 Å². The minimum Gasteiger partial charge on any atom is -0.381 e. The third-order valence-electron chi connectivity index (χ3n) is 7.18. The summed E-state index contributed by atoms with van der Waals surface area (Å²) in [5.41, 5.74) is 0.820. The van der Waals surface area contributed by atoms with Gasteiger partial charge in [-0.3, -0.25) is 14.7 Å². The van der Waals surface area contributed by atoms with Gasteiger partial charge in [-0.1, -0.05) is 26.0 Å². The number of sulfonamides is 1. The molecule has 1 fully saturated rings. The summed E-state index contributed by atoms with van der Waals surface area (Å²) < 4.78 is 60.8. The average molecular weight is 574 g/mol. The van der Waals surface area contributed by atoms with Crippen LogP contribution in [0.15, 0.2) is 47.4 Å². The zero-order valence-corrected chi connectivity index (χ0v) is 22.8. The Labute approximate surface area is 230 Å². The van der Waals surface area contributed by atoms with Crippen molar-refractivity contribution in [2.45, 2.75) is 43.5 Å². The van der Waals surface area contributed by atoms with Gasteiger partial charge in [0.1, 0.15) is 11.6 Å². The van der Waals surface area contributed by atoms with Crippen LogP contribution >= 0.6 is 0 Å². The van der Waals surface area contributed by atoms with Gasteiger partial charge in [0.15, 0.2) is 5.82 Å². The van der Waals surface area contributed by atoms with Gasteiger partial charge in [0.25, 0.3) is 5.91 Å². The fourth-order valence-corrected chi connectivity index (χ4v) is 6.70. The quantitative estimate of drug-likeness (QED) is 0.411. The number of nitrogens with zero attached hydrogens (tertiary/aromatic N) is 2. The lowest BCUT2D eigenvalue weighted by Crippen LogP contribution is -2.45. The van der Waals surface area contributed by atoms with Crippen molar-refractivity contribution in [3.63, 3.8) is 0 Å². The Morgan fingerprint density at radius 2 is 1.75 bits per heavy atom. The van der Waals surface area contributed by atoms with Crippen molar-refractivity contribution < 1.29 is 31.5 Å². The zero-order valence-electron chi connectivity index (χ0n) is 22.0. The summed E-state index contributed by atoms with van der Waals surface area (Å²) in [6.07, 6.45) is 1.19. The first-order valence-corrected chi connectivity index (χ1v) is 14.2. The van der Waals surface area contributed by atoms with Crippen LogP contribution in [0.1, 0.15) is 48.3 Å². The van der Waals surface area contributed by atoms with Gasteiger partial charge in [-0.2, -0.15) is 9.40 Å². The Kier molecular flexibility index (Phi) is 7.46. The summed E-state index contributed by atoms with van der Waals surface area (Å²) in [5, 5.41) is 12.7. The molecule has 3 N–H and O–H groups in total. The maximum absolute atomic E-state index is 13.8. The molecule has 0 aliphatic carbocycles. The lowest BCUT2D eigenvalue weighted by Gasteiger charge is -2.36. The molecule has 2 amide bonds. The molecule has 3 aromatic rings. The first kappa shape index (κ1) is 27.9. The Balaban J connectivity index is 1.40. The molecule has 2 aliphatic rings. The Hall–Kier alpha value is -3.68. The molecule has 1 aromatic heterocycles. The van der Waals surface area contributed by atoms with E-state index in [2.05, 4.69) is 20.8 Å². The van der Waals surface area contributed by atoms with E-state index < -0.39 is 37.9 Å². The Morgan fingerprint density at radius 1 is 1.07 bits per heavy atom. The maximum atomic E-state index is 13.8. The predicted molar refractivity (Wildman–Crippen MR) is 142 cm³/mol. The number of nitrogens with one attached hydrogen (secondary N) is 3. The van der Waals surface area contributed by atoms with Crippen molar-refractivity contribution in [3.05, 3.63) is 70.9 Å². The number of H-pyrrole nitrogens is 1. The fourth-order valence-electron chi connectivity index (χ4n) is 5.09. The Bertz CT molecular complexity index is 1550. The summed E-state index contributed by atoms with van der Waals surface area (Å²) in [5.74, 6) is -2.86. The van der Waals surface area contributed by atoms with Crippen molar-refractivity contribution in [1.82, 2.24) is 14.5 Å². The highest BCUT2D eigenvalue weighted by atomic mass is 32.2. The molecule has 2 aliphatic heterocycles. The third-order valence-corrected chi connectivity index (χ3v) is 8.95. The van der Waals surface area contributed by atoms with Gasteiger partial charge in [0.2, 0.25) is 15.9 Å². The number of benzene rings is 2. The number of fused-ring (bicyclic) bond motifs is 1. The number of aromatic nitrogens is 2. The highest BCUT2D eigenvalue weighted by Crippen LogP contribution is 2.38. The van der Waals surface area contributed by atoms with Crippen molar-refractivity contribution in [2.24, 2.45) is 5.92 Å². The number of aromatic amines is 1. The summed E-state index contributed by atoms with van der Waals surface area (Å²) in [4.78, 5) is 25.6. The molecular weight excluding hydrogens is 544 g/mol. The number of amides is 2. The first-order chi connectivity index (χ1) is 19.0. The number of hydrogen-bond donors (Lipinski definition) is 3. The van der Waals surface area contributed by atoms with Gasteiger partial charge < -0.3 is 15.4 Å². The van der Waals surface area contributed by atoms with Crippen molar-refractivity contribution >= 4 is 33.3 Å². The minimum absolute atomic E-state index is 0.0110. The molecule has 2 aromatic carbocycles. The predicted octanol–water partition coefficient (Wildman–Crippen LogP) is 3.79. The first-order valence-electron chi connectivity index (χ1n) is 12.8. The van der Waals surface area contributed by atoms with Crippen LogP contribution in [0.4, 0.5) is 20.3 Å². The van der Waals surface area contributed by atoms with E-state index in [9.17, 15) is 26.8 Å². The molecule has 5 rings (SSSR count). The summed E-state index contributed by atoms with van der Waals surface area (Å²) in [6, 6.07) is 8.69. The largest absolute Gasteiger partial charge is 0.381 e. The number of halogens is 2. The smallest absolute Gasteiger partial charge is 0.258 e. The number of hydrogen-bond acceptors (Lipinski definition) is 6. The second-order valence-electron chi connectivity index (χ2n) is 10.6. The summed E-state index contributed by atoms with van der Waals surface area (Å²) >= 11 is 0. The van der Waals surface area contributed by atoms with Gasteiger partial charge in [-0.15, -0.1) is 0 Å². The minimum atomic E-state index is -4.28. The SMILES string of the molecule is CC1(C)CN(S(=O)(=O)c2cc(F)cc(F)c2)Cc2c(NC(=O)c3ccccc3NC(=O)C3CCOCC3)n[nH]c21. The molecule has 0 saturated carbocycles. The van der Waals surface area contributed by atoms with E-state index in [0.29, 0.717) is 49.1 Å². The van der Waals surface area contributed by atoms with Gasteiger partial charge >= 0.3 is 0 Å². The molecule has 212 valence electrons. The lowest BCUT2D eigenvalue weighted by molar-refractivity contribution is -0.122. The van der Waals surface area contributed by atoms with E-state index in [1.54, 1.807) is 38.1 Å². The Morgan fingerprint density at radius 3 is 2.45 bits per heavy atom. The highest BCUT2D eigenvalue weighted by Gasteiger charge is 2.41. The van der Waals surface area contributed by atoms with Crippen LogP contribution in [0, 0.1) is 17.6 Å². The van der Waals surface area contributed by atoms with Crippen LogP contribution in [0.25, 0.3) is 0 Å². The second kappa shape index (κ2) is 10.7. The van der Waals surface area contributed by atoms with E-state index in [4.69, 9.17) is 4.74 Å². The number of carbonyl (C=O) groups excluding carboxylic acids is 2. The van der Waals surface area contributed by atoms with E-state index in [0.717, 1.165) is 16.4 Å². The summed E-state index contributed by atoms with van der Waals surface area (Å²) in [6.45, 7) is 4.42. The molecule has 0 atom stereocenters. The number of rotatable bonds is 6. The topological polar surface area (TPSA) is 133 Å². The van der Waals surface area contributed by atoms with Crippen LogP contribution in [0.5, 0.6) is 0 Å². The van der Waals surface area contributed by atoms with Crippen molar-refractivity contribution in [2.75, 3.05) is 30.4 Å². The second-order valence-corrected chi connectivity index (χ2v) is 12.5. The van der Waals surface area contributed by atoms with Crippen LogP contribution in [0.3, 0.4) is 0 Å². The molecular formula is C27H29F2N5O5S. The highest BCUT2D eigenvalue weighted by molar-refractivity contribution is 7.89. The summed E-state index contributed by atoms with van der Waals surface area (Å²) in [7, 11) is -4.28. The molecule has 0 spiro atoms. The van der Waals surface area contributed by atoms with Crippen LogP contribution in [-0.2, 0) is 31.5 Å². The van der Waals surface area contributed by atoms with Crippen LogP contribution in [-0.4, -0.2) is 54.5 Å². The normalized spacial score (nSPS) is 17.7. The van der Waals surface area contributed by atoms with Crippen LogP contribution < -0.4 is 10.6 Å². The maximum Gasteiger partial charge on any atom is 0.258 e. The third kappa shape index (κ3) is 5.49. The standard InChI is InChI=1S/C27H29F2N5O5S/c1-27(2)15-34(40(37,38)19-12-17(28)11-18(29)13-19)14-21-23(27)32-33-24(21)31-26(36)20-5-3-4-6-22(20)30-25(35)16-7-9-39-10-8-16/h3-6,11-13,16H,7-10,14-15H2,1-2H3,(H,30,35)(H2,31,32,33,36). The van der Waals surface area contributed by atoms with E-state index in [-0.39, 0.29) is 36.3 Å². The molecule has 0 bridgehead atoms. The number of para-hydroxylation sites is 1. The van der Waals surface area contributed by atoms with Gasteiger partial charge in [0.05, 0.1) is 16.1 Å². The molecule has 13 heteroatoms. The van der Waals surface area contributed by atoms with E-state index in [1.165, 1.54) is 0 Å². The lowest BCUT2D eigenvalue weighted by atomic mass is 9.84. The molecule has 10 nitrogen and oxygen atoms in total. The van der Waals surface area contributed by atoms with Crippen LogP contribution in [0.2, 0.25) is 0 Å². The number of anilines is 2. The van der Waals surface area contributed by atoms with E-state index >= 15 is 0 Å². The monoisotopic (exact) mass is 573 g/mol. The van der Waals surface area contributed by atoms with Gasteiger partial charge in [-0.25, -0.2) is 17.2 Å². The fraction of sp³-hybridized carbons (Fsp3) is 0.370. The zero-order chi connectivity index (χ0) is 28.7. The average Bonchev–Trinajstić information content (AvgIpc) is 3.32. The van der Waals surface area contributed by atoms with E-state index in [1.807, 2.05) is 0 Å². The molecule has 3 heterocycles. The van der Waals surface area contributed by atoms with Crippen molar-refractivity contribution in [3.8, 4) is 0 Å². The molecule has 0 radical (unpaired) electrons.